The largest absolute Gasteiger partial charge is 0.449 e. The molecule has 3 aromatic heterocycles. The molecule has 1 aliphatic carbocycles. The molecular weight excluding hydrogens is 484 g/mol. The third-order valence-electron chi connectivity index (χ3n) is 7.66. The van der Waals surface area contributed by atoms with Crippen molar-refractivity contribution in [2.75, 3.05) is 17.7 Å². The average Bonchev–Trinajstić information content (AvgIpc) is 3.43. The number of hydrogen-bond donors (Lipinski definition) is 4. The van der Waals surface area contributed by atoms with E-state index in [0.717, 1.165) is 47.8 Å². The predicted molar refractivity (Wildman–Crippen MR) is 145 cm³/mol. The molecule has 0 unspecified atom stereocenters. The van der Waals surface area contributed by atoms with Crippen molar-refractivity contribution in [2.45, 2.75) is 64.1 Å². The Labute approximate surface area is 220 Å². The quantitative estimate of drug-likeness (QED) is 0.273. The Hall–Kier alpha value is -3.76. The van der Waals surface area contributed by atoms with Crippen LogP contribution in [0.1, 0.15) is 56.7 Å². The molecule has 5 rings (SSSR count). The van der Waals surface area contributed by atoms with Crippen LogP contribution in [0.5, 0.6) is 0 Å². The van der Waals surface area contributed by atoms with Gasteiger partial charge in [-0.2, -0.15) is 5.10 Å². The van der Waals surface area contributed by atoms with Crippen molar-refractivity contribution in [3.8, 4) is 0 Å². The van der Waals surface area contributed by atoms with Gasteiger partial charge < -0.3 is 20.7 Å². The van der Waals surface area contributed by atoms with Crippen LogP contribution in [0.3, 0.4) is 0 Å². The van der Waals surface area contributed by atoms with E-state index in [0.29, 0.717) is 30.2 Å². The van der Waals surface area contributed by atoms with Crippen LogP contribution in [0.15, 0.2) is 48.8 Å². The number of nitrogens with two attached hydrogens (primary N) is 1. The number of aryl methyl sites for hydroxylation is 1. The second kappa shape index (κ2) is 10.5. The number of aliphatic hydroxyl groups excluding tert-OH is 2. The van der Waals surface area contributed by atoms with Crippen LogP contribution >= 0.6 is 0 Å². The van der Waals surface area contributed by atoms with Crippen molar-refractivity contribution in [3.05, 3.63) is 60.0 Å². The van der Waals surface area contributed by atoms with E-state index >= 15 is 0 Å². The molecular formula is C28H34N6O4. The molecule has 0 aliphatic heterocycles. The number of rotatable bonds is 8. The maximum Gasteiger partial charge on any atom is 0.412 e. The van der Waals surface area contributed by atoms with Gasteiger partial charge in [0.05, 0.1) is 24.3 Å². The minimum atomic E-state index is -0.894. The number of ether oxygens (including phenoxy) is 1. The first-order chi connectivity index (χ1) is 18.3. The number of pyridine rings is 1. The summed E-state index contributed by atoms with van der Waals surface area (Å²) in [5.41, 5.74) is 8.96. The number of nitrogens with zero attached hydrogens (tertiary/aromatic N) is 4. The van der Waals surface area contributed by atoms with E-state index in [9.17, 15) is 15.0 Å². The van der Waals surface area contributed by atoms with E-state index in [1.807, 2.05) is 44.2 Å². The van der Waals surface area contributed by atoms with Crippen LogP contribution in [-0.4, -0.2) is 54.7 Å². The summed E-state index contributed by atoms with van der Waals surface area (Å²) in [7, 11) is 0. The SMILES string of the molecule is CCCOC(=O)Nc1ccc2ccc(CCC[C@@]3(C)C[C@@H](c4ccc5c(N)ncnn45)[C@H](O)[C@@H]3O)cc2n1. The Balaban J connectivity index is 1.25. The number of nitrogen functional groups attached to an aromatic ring is 1. The fraction of sp³-hybridized carbons (Fsp3) is 0.429. The zero-order valence-corrected chi connectivity index (χ0v) is 21.7. The second-order valence-electron chi connectivity index (χ2n) is 10.4. The van der Waals surface area contributed by atoms with Crippen LogP contribution in [0.25, 0.3) is 16.4 Å². The number of nitrogens with one attached hydrogen (secondary N) is 1. The van der Waals surface area contributed by atoms with Crippen LogP contribution in [0, 0.1) is 5.41 Å². The van der Waals surface area contributed by atoms with Crippen LogP contribution < -0.4 is 11.1 Å². The summed E-state index contributed by atoms with van der Waals surface area (Å²) in [4.78, 5) is 20.5. The second-order valence-corrected chi connectivity index (χ2v) is 10.4. The summed E-state index contributed by atoms with van der Waals surface area (Å²) >= 11 is 0. The van der Waals surface area contributed by atoms with Crippen molar-refractivity contribution >= 4 is 34.1 Å². The number of amides is 1. The predicted octanol–water partition coefficient (Wildman–Crippen LogP) is 4.06. The molecule has 0 spiro atoms. The van der Waals surface area contributed by atoms with Crippen molar-refractivity contribution < 1.29 is 19.7 Å². The van der Waals surface area contributed by atoms with Gasteiger partial charge in [0.1, 0.15) is 17.7 Å². The molecule has 0 radical (unpaired) electrons. The third-order valence-corrected chi connectivity index (χ3v) is 7.66. The molecule has 1 saturated carbocycles. The summed E-state index contributed by atoms with van der Waals surface area (Å²) < 4.78 is 6.79. The van der Waals surface area contributed by atoms with Crippen molar-refractivity contribution in [2.24, 2.45) is 5.41 Å². The van der Waals surface area contributed by atoms with Gasteiger partial charge in [-0.3, -0.25) is 5.32 Å². The summed E-state index contributed by atoms with van der Waals surface area (Å²) in [5.74, 6) is 0.570. The maximum absolute atomic E-state index is 11.9. The van der Waals surface area contributed by atoms with Gasteiger partial charge in [-0.05, 0) is 73.4 Å². The number of hydrogen-bond acceptors (Lipinski definition) is 8. The molecule has 38 heavy (non-hydrogen) atoms. The topological polar surface area (TPSA) is 148 Å². The molecule has 1 fully saturated rings. The van der Waals surface area contributed by atoms with Gasteiger partial charge in [0.25, 0.3) is 0 Å². The maximum atomic E-state index is 11.9. The zero-order chi connectivity index (χ0) is 26.9. The number of anilines is 2. The minimum Gasteiger partial charge on any atom is -0.449 e. The van der Waals surface area contributed by atoms with Crippen LogP contribution in [-0.2, 0) is 11.2 Å². The summed E-state index contributed by atoms with van der Waals surface area (Å²) in [6.45, 7) is 4.34. The van der Waals surface area contributed by atoms with E-state index in [2.05, 4.69) is 26.4 Å². The first-order valence-electron chi connectivity index (χ1n) is 13.1. The van der Waals surface area contributed by atoms with Gasteiger partial charge in [0.2, 0.25) is 0 Å². The first kappa shape index (κ1) is 25.9. The van der Waals surface area contributed by atoms with Gasteiger partial charge in [-0.1, -0.05) is 26.0 Å². The van der Waals surface area contributed by atoms with E-state index in [1.54, 1.807) is 10.6 Å². The van der Waals surface area contributed by atoms with Crippen molar-refractivity contribution in [3.63, 3.8) is 0 Å². The molecule has 4 aromatic rings. The van der Waals surface area contributed by atoms with Gasteiger partial charge in [0.15, 0.2) is 5.82 Å². The first-order valence-corrected chi connectivity index (χ1v) is 13.1. The number of benzene rings is 1. The van der Waals surface area contributed by atoms with Gasteiger partial charge in [-0.25, -0.2) is 19.3 Å². The number of aromatic nitrogens is 4. The molecule has 0 saturated heterocycles. The fourth-order valence-electron chi connectivity index (χ4n) is 5.58. The average molecular weight is 519 g/mol. The molecule has 4 atom stereocenters. The Morgan fingerprint density at radius 2 is 2.05 bits per heavy atom. The number of aliphatic hydroxyl groups is 2. The van der Waals surface area contributed by atoms with E-state index in [-0.39, 0.29) is 5.92 Å². The molecule has 1 aliphatic rings. The Morgan fingerprint density at radius 1 is 1.24 bits per heavy atom. The Kier molecular flexibility index (Phi) is 7.18. The number of carbonyl (C=O) groups is 1. The van der Waals surface area contributed by atoms with Crippen LogP contribution in [0.4, 0.5) is 16.4 Å². The summed E-state index contributed by atoms with van der Waals surface area (Å²) in [5, 5.41) is 30.0. The number of carbonyl (C=O) groups excluding carboxylic acids is 1. The molecule has 3 heterocycles. The van der Waals surface area contributed by atoms with Crippen molar-refractivity contribution in [1.82, 2.24) is 19.6 Å². The van der Waals surface area contributed by atoms with Gasteiger partial charge >= 0.3 is 6.09 Å². The molecule has 1 amide bonds. The summed E-state index contributed by atoms with van der Waals surface area (Å²) in [6, 6.07) is 13.6. The smallest absolute Gasteiger partial charge is 0.412 e. The normalized spacial score (nSPS) is 23.2. The van der Waals surface area contributed by atoms with E-state index in [1.165, 1.54) is 6.33 Å². The standard InChI is InChI=1S/C28H34N6O4/c1-3-13-38-27(37)33-23-11-8-18-7-6-17(14-20(18)32-23)5-4-12-28(2)15-19(24(35)25(28)36)21-9-10-22-26(29)30-16-31-34(21)22/h6-11,14,16,19,24-25,35-36H,3-5,12-13,15H2,1-2H3,(H2,29,30,31)(H,32,33,37)/t19-,24-,25-,28-/m0/s1. The van der Waals surface area contributed by atoms with Gasteiger partial charge in [-0.15, -0.1) is 0 Å². The highest BCUT2D eigenvalue weighted by Gasteiger charge is 2.50. The lowest BCUT2D eigenvalue weighted by molar-refractivity contribution is -0.0212. The third kappa shape index (κ3) is 5.01. The van der Waals surface area contributed by atoms with Gasteiger partial charge in [0, 0.05) is 17.0 Å². The van der Waals surface area contributed by atoms with E-state index < -0.39 is 23.7 Å². The van der Waals surface area contributed by atoms with E-state index in [4.69, 9.17) is 10.5 Å². The molecule has 0 bridgehead atoms. The molecule has 10 nitrogen and oxygen atoms in total. The lowest BCUT2D eigenvalue weighted by atomic mass is 9.80. The Morgan fingerprint density at radius 3 is 2.87 bits per heavy atom. The fourth-order valence-corrected chi connectivity index (χ4v) is 5.58. The highest BCUT2D eigenvalue weighted by Crippen LogP contribution is 2.49. The monoisotopic (exact) mass is 518 g/mol. The summed E-state index contributed by atoms with van der Waals surface area (Å²) in [6.07, 6.45) is 2.92. The molecule has 1 aromatic carbocycles. The van der Waals surface area contributed by atoms with Crippen LogP contribution in [0.2, 0.25) is 0 Å². The Bertz CT molecular complexity index is 1460. The zero-order valence-electron chi connectivity index (χ0n) is 21.7. The molecule has 10 heteroatoms. The van der Waals surface area contributed by atoms with Crippen molar-refractivity contribution in [1.29, 1.82) is 0 Å². The number of fused-ring (bicyclic) bond motifs is 2. The molecule has 5 N–H and O–H groups in total. The highest BCUT2D eigenvalue weighted by atomic mass is 16.5. The highest BCUT2D eigenvalue weighted by molar-refractivity contribution is 5.87. The molecule has 200 valence electrons. The lowest BCUT2D eigenvalue weighted by Crippen LogP contribution is -2.34. The lowest BCUT2D eigenvalue weighted by Gasteiger charge is -2.28. The minimum absolute atomic E-state index is 0.258.